The first-order valence-corrected chi connectivity index (χ1v) is 12.8. The molecule has 0 spiro atoms. The fourth-order valence-corrected chi connectivity index (χ4v) is 4.55. The van der Waals surface area contributed by atoms with E-state index in [0.717, 1.165) is 6.42 Å². The van der Waals surface area contributed by atoms with E-state index < -0.39 is 0 Å². The number of methoxy groups -OCH3 is 2. The van der Waals surface area contributed by atoms with Crippen LogP contribution in [0, 0.1) is 5.92 Å². The summed E-state index contributed by atoms with van der Waals surface area (Å²) in [7, 11) is 3.75. The summed E-state index contributed by atoms with van der Waals surface area (Å²) >= 11 is 0. The number of hydrogen-bond acceptors (Lipinski definition) is 2. The standard InChI is InChI=1S/C26H54O2/c1-6-9-12-15-17-20-23-25(22-19-16-13-10-7-2)26(27-4,28-5)24-21-18-14-11-8-3/h25H,6-24H2,1-5H3. The lowest BCUT2D eigenvalue weighted by Crippen LogP contribution is -2.42. The summed E-state index contributed by atoms with van der Waals surface area (Å²) in [5.41, 5.74) is 0. The third-order valence-corrected chi connectivity index (χ3v) is 6.50. The minimum absolute atomic E-state index is 0.361. The second-order valence-corrected chi connectivity index (χ2v) is 8.84. The highest BCUT2D eigenvalue weighted by Gasteiger charge is 2.37. The molecule has 0 radical (unpaired) electrons. The van der Waals surface area contributed by atoms with E-state index in [2.05, 4.69) is 20.8 Å². The Bertz CT molecular complexity index is 299. The molecule has 0 aromatic carbocycles. The molecule has 1 atom stereocenters. The van der Waals surface area contributed by atoms with Gasteiger partial charge in [0.15, 0.2) is 5.79 Å². The molecule has 1 unspecified atom stereocenters. The Morgan fingerprint density at radius 2 is 0.857 bits per heavy atom. The van der Waals surface area contributed by atoms with Gasteiger partial charge in [-0.15, -0.1) is 0 Å². The Kier molecular flexibility index (Phi) is 20.1. The molecule has 2 heteroatoms. The van der Waals surface area contributed by atoms with Gasteiger partial charge in [0.25, 0.3) is 0 Å². The van der Waals surface area contributed by atoms with Gasteiger partial charge in [0.2, 0.25) is 0 Å². The SMILES string of the molecule is CCCCCCCCC(CCCCCCC)C(CCCCCCC)(OC)OC. The quantitative estimate of drug-likeness (QED) is 0.134. The van der Waals surface area contributed by atoms with Crippen molar-refractivity contribution in [3.8, 4) is 0 Å². The van der Waals surface area contributed by atoms with E-state index in [1.54, 1.807) is 0 Å². The molecular formula is C26H54O2. The molecule has 0 aliphatic carbocycles. The lowest BCUT2D eigenvalue weighted by Gasteiger charge is -2.39. The Balaban J connectivity index is 4.64. The molecule has 28 heavy (non-hydrogen) atoms. The fraction of sp³-hybridized carbons (Fsp3) is 1.00. The Labute approximate surface area is 178 Å². The zero-order valence-corrected chi connectivity index (χ0v) is 20.3. The molecule has 0 saturated carbocycles. The van der Waals surface area contributed by atoms with Gasteiger partial charge in [0, 0.05) is 26.6 Å². The van der Waals surface area contributed by atoms with Crippen molar-refractivity contribution in [1.82, 2.24) is 0 Å². The predicted molar refractivity (Wildman–Crippen MR) is 125 cm³/mol. The van der Waals surface area contributed by atoms with E-state index in [9.17, 15) is 0 Å². The van der Waals surface area contributed by atoms with Crippen molar-refractivity contribution in [2.24, 2.45) is 5.92 Å². The summed E-state index contributed by atoms with van der Waals surface area (Å²) in [6.07, 6.45) is 25.1. The molecule has 0 saturated heterocycles. The number of ether oxygens (including phenoxy) is 2. The number of unbranched alkanes of at least 4 members (excludes halogenated alkanes) is 13. The first-order valence-electron chi connectivity index (χ1n) is 12.8. The van der Waals surface area contributed by atoms with Crippen LogP contribution in [-0.2, 0) is 9.47 Å². The first kappa shape index (κ1) is 27.9. The summed E-state index contributed by atoms with van der Waals surface area (Å²) in [5.74, 6) is 0.182. The van der Waals surface area contributed by atoms with Crippen LogP contribution in [0.4, 0.5) is 0 Å². The second kappa shape index (κ2) is 20.2. The summed E-state index contributed by atoms with van der Waals surface area (Å²) in [6, 6.07) is 0. The second-order valence-electron chi connectivity index (χ2n) is 8.84. The highest BCUT2D eigenvalue weighted by atomic mass is 16.7. The van der Waals surface area contributed by atoms with Gasteiger partial charge >= 0.3 is 0 Å². The highest BCUT2D eigenvalue weighted by molar-refractivity contribution is 4.80. The number of hydrogen-bond donors (Lipinski definition) is 0. The van der Waals surface area contributed by atoms with E-state index in [-0.39, 0.29) is 5.79 Å². The molecule has 0 bridgehead atoms. The van der Waals surface area contributed by atoms with Crippen molar-refractivity contribution in [1.29, 1.82) is 0 Å². The monoisotopic (exact) mass is 398 g/mol. The molecular weight excluding hydrogens is 344 g/mol. The minimum Gasteiger partial charge on any atom is -0.353 e. The summed E-state index contributed by atoms with van der Waals surface area (Å²) in [6.45, 7) is 6.87. The Morgan fingerprint density at radius 3 is 1.25 bits per heavy atom. The summed E-state index contributed by atoms with van der Waals surface area (Å²) < 4.78 is 12.2. The van der Waals surface area contributed by atoms with Crippen LogP contribution in [0.5, 0.6) is 0 Å². The van der Waals surface area contributed by atoms with Crippen LogP contribution in [0.3, 0.4) is 0 Å². The average molecular weight is 399 g/mol. The third kappa shape index (κ3) is 13.2. The fourth-order valence-electron chi connectivity index (χ4n) is 4.55. The van der Waals surface area contributed by atoms with E-state index in [0.29, 0.717) is 5.92 Å². The normalized spacial score (nSPS) is 13.2. The van der Waals surface area contributed by atoms with Crippen molar-refractivity contribution < 1.29 is 9.47 Å². The van der Waals surface area contributed by atoms with Gasteiger partial charge in [0.1, 0.15) is 0 Å². The van der Waals surface area contributed by atoms with E-state index >= 15 is 0 Å². The van der Waals surface area contributed by atoms with Crippen molar-refractivity contribution in [3.63, 3.8) is 0 Å². The van der Waals surface area contributed by atoms with Crippen LogP contribution >= 0.6 is 0 Å². The molecule has 0 heterocycles. The van der Waals surface area contributed by atoms with Crippen LogP contribution in [0.15, 0.2) is 0 Å². The van der Waals surface area contributed by atoms with E-state index in [1.807, 2.05) is 14.2 Å². The van der Waals surface area contributed by atoms with Crippen LogP contribution in [0.2, 0.25) is 0 Å². The maximum Gasteiger partial charge on any atom is 0.170 e. The lowest BCUT2D eigenvalue weighted by molar-refractivity contribution is -0.247. The van der Waals surface area contributed by atoms with Gasteiger partial charge in [-0.3, -0.25) is 0 Å². The van der Waals surface area contributed by atoms with Gasteiger partial charge in [-0.25, -0.2) is 0 Å². The van der Waals surface area contributed by atoms with Crippen LogP contribution in [0.1, 0.15) is 143 Å². The maximum absolute atomic E-state index is 6.11. The van der Waals surface area contributed by atoms with Gasteiger partial charge in [-0.1, -0.05) is 117 Å². The molecule has 170 valence electrons. The van der Waals surface area contributed by atoms with Crippen molar-refractivity contribution in [2.75, 3.05) is 14.2 Å². The zero-order chi connectivity index (χ0) is 20.9. The van der Waals surface area contributed by atoms with Crippen molar-refractivity contribution >= 4 is 0 Å². The zero-order valence-electron chi connectivity index (χ0n) is 20.3. The van der Waals surface area contributed by atoms with Crippen LogP contribution in [-0.4, -0.2) is 20.0 Å². The molecule has 0 N–H and O–H groups in total. The lowest BCUT2D eigenvalue weighted by atomic mass is 9.84. The van der Waals surface area contributed by atoms with Crippen molar-refractivity contribution in [3.05, 3.63) is 0 Å². The molecule has 0 fully saturated rings. The topological polar surface area (TPSA) is 18.5 Å². The van der Waals surface area contributed by atoms with Crippen LogP contribution < -0.4 is 0 Å². The average Bonchev–Trinajstić information content (AvgIpc) is 2.72. The smallest absolute Gasteiger partial charge is 0.170 e. The summed E-state index contributed by atoms with van der Waals surface area (Å²) in [4.78, 5) is 0. The van der Waals surface area contributed by atoms with Gasteiger partial charge in [0.05, 0.1) is 0 Å². The molecule has 0 amide bonds. The van der Waals surface area contributed by atoms with E-state index in [4.69, 9.17) is 9.47 Å². The largest absolute Gasteiger partial charge is 0.353 e. The van der Waals surface area contributed by atoms with E-state index in [1.165, 1.54) is 116 Å². The van der Waals surface area contributed by atoms with Gasteiger partial charge < -0.3 is 9.47 Å². The molecule has 0 aromatic rings. The van der Waals surface area contributed by atoms with Gasteiger partial charge in [-0.2, -0.15) is 0 Å². The Morgan fingerprint density at radius 1 is 0.500 bits per heavy atom. The molecule has 0 aromatic heterocycles. The Hall–Kier alpha value is -0.0800. The maximum atomic E-state index is 6.11. The highest BCUT2D eigenvalue weighted by Crippen LogP contribution is 2.36. The molecule has 0 aliphatic heterocycles. The van der Waals surface area contributed by atoms with Crippen LogP contribution in [0.25, 0.3) is 0 Å². The van der Waals surface area contributed by atoms with Crippen molar-refractivity contribution in [2.45, 2.75) is 149 Å². The van der Waals surface area contributed by atoms with Gasteiger partial charge in [-0.05, 0) is 19.3 Å². The minimum atomic E-state index is -0.361. The third-order valence-electron chi connectivity index (χ3n) is 6.50. The summed E-state index contributed by atoms with van der Waals surface area (Å²) in [5, 5.41) is 0. The molecule has 2 nitrogen and oxygen atoms in total. The molecule has 0 aliphatic rings. The number of rotatable bonds is 22. The first-order chi connectivity index (χ1) is 13.7. The molecule has 0 rings (SSSR count). The predicted octanol–water partition coefficient (Wildman–Crippen LogP) is 9.06.